The lowest BCUT2D eigenvalue weighted by atomic mass is 10.4. The van der Waals surface area contributed by atoms with Crippen molar-refractivity contribution in [3.05, 3.63) is 51.1 Å². The molecule has 0 amide bonds. The molecule has 0 saturated carbocycles. The minimum atomic E-state index is 1.02. The van der Waals surface area contributed by atoms with E-state index in [-0.39, 0.29) is 0 Å². The van der Waals surface area contributed by atoms with Crippen molar-refractivity contribution >= 4 is 107 Å². The number of hydrogen-bond donors (Lipinski definition) is 0. The van der Waals surface area contributed by atoms with Crippen LogP contribution in [0.4, 0.5) is 0 Å². The van der Waals surface area contributed by atoms with Crippen LogP contribution in [0, 0.1) is 0 Å². The SMILES string of the molecule is Brc1ccc(Sc2ccc(Br)c(Br)c2Br)c(Br)c1Br. The monoisotopic (exact) mass is 654 g/mol. The maximum Gasteiger partial charge on any atom is 0.0471 e. The molecule has 7 heteroatoms. The second-order valence-corrected chi connectivity index (χ2v) is 9.41. The highest BCUT2D eigenvalue weighted by Gasteiger charge is 2.13. The molecule has 0 atom stereocenters. The van der Waals surface area contributed by atoms with Gasteiger partial charge in [-0.3, -0.25) is 0 Å². The van der Waals surface area contributed by atoms with Crippen LogP contribution >= 0.6 is 107 Å². The molecule has 2 aromatic rings. The molecular weight excluding hydrogens is 656 g/mol. The number of hydrogen-bond acceptors (Lipinski definition) is 1. The predicted molar refractivity (Wildman–Crippen MR) is 103 cm³/mol. The quantitative estimate of drug-likeness (QED) is 0.292. The van der Waals surface area contributed by atoms with Crippen molar-refractivity contribution in [1.29, 1.82) is 0 Å². The topological polar surface area (TPSA) is 0 Å². The first-order valence-electron chi connectivity index (χ1n) is 4.86. The molecule has 0 aliphatic heterocycles. The van der Waals surface area contributed by atoms with Gasteiger partial charge >= 0.3 is 0 Å². The van der Waals surface area contributed by atoms with E-state index in [1.165, 1.54) is 0 Å². The molecule has 0 nitrogen and oxygen atoms in total. The number of benzene rings is 2. The van der Waals surface area contributed by atoms with Gasteiger partial charge in [-0.25, -0.2) is 0 Å². The first-order chi connectivity index (χ1) is 8.91. The van der Waals surface area contributed by atoms with E-state index in [0.717, 1.165) is 36.6 Å². The lowest BCUT2D eigenvalue weighted by molar-refractivity contribution is 1.31. The Morgan fingerprint density at radius 2 is 0.895 bits per heavy atom. The Kier molecular flexibility index (Phi) is 6.53. The van der Waals surface area contributed by atoms with Gasteiger partial charge in [0, 0.05) is 36.6 Å². The largest absolute Gasteiger partial charge is 0.0876 e. The summed E-state index contributed by atoms with van der Waals surface area (Å²) < 4.78 is 6.17. The molecular formula is C12H4Br6S. The molecule has 0 N–H and O–H groups in total. The second kappa shape index (κ2) is 7.29. The lowest BCUT2D eigenvalue weighted by Crippen LogP contribution is -1.82. The third kappa shape index (κ3) is 3.90. The molecule has 0 aliphatic carbocycles. The summed E-state index contributed by atoms with van der Waals surface area (Å²) in [7, 11) is 0. The Morgan fingerprint density at radius 3 is 1.26 bits per heavy atom. The van der Waals surface area contributed by atoms with Crippen molar-refractivity contribution in [3.8, 4) is 0 Å². The fourth-order valence-electron chi connectivity index (χ4n) is 1.29. The first-order valence-corrected chi connectivity index (χ1v) is 10.4. The molecule has 0 radical (unpaired) electrons. The summed E-state index contributed by atoms with van der Waals surface area (Å²) in [6.45, 7) is 0. The molecule has 0 saturated heterocycles. The Bertz CT molecular complexity index is 585. The van der Waals surface area contributed by atoms with Crippen molar-refractivity contribution in [2.24, 2.45) is 0 Å². The van der Waals surface area contributed by atoms with Gasteiger partial charge in [0.25, 0.3) is 0 Å². The first kappa shape index (κ1) is 17.0. The summed E-state index contributed by atoms with van der Waals surface area (Å²) in [5, 5.41) is 0. The van der Waals surface area contributed by atoms with Crippen LogP contribution < -0.4 is 0 Å². The molecule has 0 spiro atoms. The van der Waals surface area contributed by atoms with Crippen LogP contribution in [0.25, 0.3) is 0 Å². The van der Waals surface area contributed by atoms with Gasteiger partial charge in [0.05, 0.1) is 0 Å². The molecule has 2 rings (SSSR count). The molecule has 0 heterocycles. The van der Waals surface area contributed by atoms with Gasteiger partial charge in [-0.05, 0) is 120 Å². The Balaban J connectivity index is 2.43. The zero-order valence-corrected chi connectivity index (χ0v) is 19.3. The summed E-state index contributed by atoms with van der Waals surface area (Å²) in [4.78, 5) is 2.29. The maximum absolute atomic E-state index is 3.61. The third-order valence-corrected chi connectivity index (χ3v) is 10.6. The van der Waals surface area contributed by atoms with E-state index in [9.17, 15) is 0 Å². The zero-order valence-electron chi connectivity index (χ0n) is 8.99. The summed E-state index contributed by atoms with van der Waals surface area (Å²) in [5.74, 6) is 0. The van der Waals surface area contributed by atoms with Crippen LogP contribution in [0.15, 0.2) is 60.9 Å². The third-order valence-electron chi connectivity index (χ3n) is 2.22. The summed E-state index contributed by atoms with van der Waals surface area (Å²) >= 11 is 23.0. The van der Waals surface area contributed by atoms with E-state index in [1.54, 1.807) is 11.8 Å². The maximum atomic E-state index is 3.61. The van der Waals surface area contributed by atoms with E-state index in [1.807, 2.05) is 12.1 Å². The highest BCUT2D eigenvalue weighted by Crippen LogP contribution is 2.45. The van der Waals surface area contributed by atoms with Gasteiger partial charge in [0.1, 0.15) is 0 Å². The van der Waals surface area contributed by atoms with Gasteiger partial charge in [0.2, 0.25) is 0 Å². The van der Waals surface area contributed by atoms with Gasteiger partial charge in [-0.2, -0.15) is 0 Å². The zero-order chi connectivity index (χ0) is 14.2. The second-order valence-electron chi connectivity index (χ2n) is 3.45. The normalized spacial score (nSPS) is 10.8. The lowest BCUT2D eigenvalue weighted by Gasteiger charge is -2.10. The van der Waals surface area contributed by atoms with Crippen molar-refractivity contribution in [2.75, 3.05) is 0 Å². The molecule has 0 aromatic heterocycles. The van der Waals surface area contributed by atoms with Crippen molar-refractivity contribution in [2.45, 2.75) is 9.79 Å². The van der Waals surface area contributed by atoms with Crippen molar-refractivity contribution in [1.82, 2.24) is 0 Å². The molecule has 0 fully saturated rings. The van der Waals surface area contributed by atoms with Gasteiger partial charge in [-0.15, -0.1) is 0 Å². The van der Waals surface area contributed by atoms with E-state index in [4.69, 9.17) is 0 Å². The average Bonchev–Trinajstić information content (AvgIpc) is 2.39. The Hall–Kier alpha value is 1.67. The minimum Gasteiger partial charge on any atom is -0.0876 e. The van der Waals surface area contributed by atoms with Gasteiger partial charge < -0.3 is 0 Å². The molecule has 0 unspecified atom stereocenters. The average molecular weight is 660 g/mol. The van der Waals surface area contributed by atoms with Crippen molar-refractivity contribution < 1.29 is 0 Å². The van der Waals surface area contributed by atoms with E-state index in [2.05, 4.69) is 108 Å². The van der Waals surface area contributed by atoms with Crippen LogP contribution in [0.5, 0.6) is 0 Å². The van der Waals surface area contributed by atoms with E-state index >= 15 is 0 Å². The highest BCUT2D eigenvalue weighted by molar-refractivity contribution is 9.15. The van der Waals surface area contributed by atoms with Crippen LogP contribution in [0.1, 0.15) is 0 Å². The summed E-state index contributed by atoms with van der Waals surface area (Å²) in [6.07, 6.45) is 0. The fourth-order valence-corrected chi connectivity index (χ4v) is 5.51. The number of halogens is 6. The van der Waals surface area contributed by atoms with Crippen LogP contribution in [-0.4, -0.2) is 0 Å². The molecule has 2 aromatic carbocycles. The molecule has 100 valence electrons. The molecule has 0 bridgehead atoms. The van der Waals surface area contributed by atoms with Gasteiger partial charge in [-0.1, -0.05) is 11.8 Å². The fraction of sp³-hybridized carbons (Fsp3) is 0. The van der Waals surface area contributed by atoms with E-state index < -0.39 is 0 Å². The standard InChI is InChI=1S/C12H4Br6S/c13-5-1-3-7(11(17)9(5)15)19-8-4-2-6(14)10(16)12(8)18/h1-4H. The van der Waals surface area contributed by atoms with Crippen molar-refractivity contribution in [3.63, 3.8) is 0 Å². The van der Waals surface area contributed by atoms with Crippen LogP contribution in [0.3, 0.4) is 0 Å². The Labute approximate surface area is 166 Å². The van der Waals surface area contributed by atoms with Crippen LogP contribution in [-0.2, 0) is 0 Å². The summed E-state index contributed by atoms with van der Waals surface area (Å²) in [6, 6.07) is 8.20. The smallest absolute Gasteiger partial charge is 0.0471 e. The number of rotatable bonds is 2. The van der Waals surface area contributed by atoms with Crippen LogP contribution in [0.2, 0.25) is 0 Å². The highest BCUT2D eigenvalue weighted by atomic mass is 79.9. The minimum absolute atomic E-state index is 1.02. The summed E-state index contributed by atoms with van der Waals surface area (Å²) in [5.41, 5.74) is 0. The van der Waals surface area contributed by atoms with E-state index in [0.29, 0.717) is 0 Å². The predicted octanol–water partition coefficient (Wildman–Crippen LogP) is 8.41. The van der Waals surface area contributed by atoms with Gasteiger partial charge in [0.15, 0.2) is 0 Å². The Morgan fingerprint density at radius 1 is 0.526 bits per heavy atom. The molecule has 0 aliphatic rings. The molecule has 19 heavy (non-hydrogen) atoms.